The van der Waals surface area contributed by atoms with Crippen LogP contribution in [0.4, 0.5) is 5.69 Å². The zero-order valence-corrected chi connectivity index (χ0v) is 43.1. The Morgan fingerprint density at radius 3 is 2.54 bits per heavy atom. The highest BCUT2D eigenvalue weighted by Crippen LogP contribution is 2.64. The van der Waals surface area contributed by atoms with Gasteiger partial charge in [0, 0.05) is 56.5 Å². The lowest BCUT2D eigenvalue weighted by molar-refractivity contribution is -0.125. The molecule has 12 heteroatoms. The normalized spacial score (nSPS) is 31.1. The molecule has 0 radical (unpaired) electrons. The van der Waals surface area contributed by atoms with Gasteiger partial charge in [0.2, 0.25) is 5.96 Å². The number of phenolic OH excluding ortho intramolecular Hbond substituents is 2. The van der Waals surface area contributed by atoms with E-state index in [1.54, 1.807) is 20.2 Å². The Morgan fingerprint density at radius 1 is 0.957 bits per heavy atom. The number of carbonyl (C=O) groups excluding carboxylic acids is 1. The molecule has 5 aliphatic rings. The highest BCUT2D eigenvalue weighted by atomic mass is 16.6. The van der Waals surface area contributed by atoms with Crippen molar-refractivity contribution in [3.05, 3.63) is 53.6 Å². The van der Waals surface area contributed by atoms with Crippen molar-refractivity contribution in [2.75, 3.05) is 46.3 Å². The summed E-state index contributed by atoms with van der Waals surface area (Å²) >= 11 is 0. The molecule has 12 nitrogen and oxygen atoms in total. The number of anilines is 1. The number of fused-ring (bicyclic) bond motifs is 3. The van der Waals surface area contributed by atoms with Gasteiger partial charge in [-0.2, -0.15) is 0 Å². The van der Waals surface area contributed by atoms with Gasteiger partial charge in [-0.3, -0.25) is 15.1 Å². The first-order valence-electron chi connectivity index (χ1n) is 27.2. The monoisotopic (exact) mass is 967 g/mol. The van der Waals surface area contributed by atoms with Crippen LogP contribution in [-0.2, 0) is 21.4 Å². The number of rotatable bonds is 21. The molecule has 1 heterocycles. The molecule has 70 heavy (non-hydrogen) atoms. The summed E-state index contributed by atoms with van der Waals surface area (Å²) in [4.78, 5) is 20.1. The molecule has 7 N–H and O–H groups in total. The average Bonchev–Trinajstić information content (AvgIpc) is 4.10. The smallest absolute Gasteiger partial charge is 0.207 e. The number of phenols is 2. The first-order chi connectivity index (χ1) is 34.0. The Labute approximate surface area is 419 Å². The SMILES string of the molecule is CCCCCCO[C@H](O)C[C@H]1CC[C@@](CNC)(Oc2cc3cc(c2O)NC(=NC)NC#CC[C@H]2CCC[C@@]2(Cc2ccc(O)c(OC)c2)C(=O)/C=C/[C@@H]2[C@H](CCCC)C[C@H](CCCO)[C@@H]4CCC[C@]324)C1. The number of aliphatic hydroxyl groups is 2. The van der Waals surface area contributed by atoms with Crippen LogP contribution in [0.25, 0.3) is 0 Å². The molecule has 4 saturated carbocycles. The molecular formula is C58H86N4O8. The van der Waals surface area contributed by atoms with Crippen molar-refractivity contribution < 1.29 is 39.4 Å². The van der Waals surface area contributed by atoms with Gasteiger partial charge in [0.05, 0.1) is 12.8 Å². The topological polar surface area (TPSA) is 174 Å². The van der Waals surface area contributed by atoms with E-state index >= 15 is 4.79 Å². The number of nitrogens with one attached hydrogen (secondary N) is 3. The van der Waals surface area contributed by atoms with Crippen molar-refractivity contribution >= 4 is 17.4 Å². The number of benzene rings is 2. The van der Waals surface area contributed by atoms with Crippen LogP contribution in [0.5, 0.6) is 23.0 Å². The second-order valence-electron chi connectivity index (χ2n) is 21.7. The van der Waals surface area contributed by atoms with Crippen LogP contribution in [0, 0.1) is 52.9 Å². The van der Waals surface area contributed by atoms with Gasteiger partial charge >= 0.3 is 0 Å². The van der Waals surface area contributed by atoms with Crippen molar-refractivity contribution in [1.82, 2.24) is 10.6 Å². The van der Waals surface area contributed by atoms with Gasteiger partial charge in [-0.05, 0) is 167 Å². The summed E-state index contributed by atoms with van der Waals surface area (Å²) in [7, 11) is 5.19. The first kappa shape index (κ1) is 53.5. The second kappa shape index (κ2) is 24.9. The predicted molar refractivity (Wildman–Crippen MR) is 278 cm³/mol. The standard InChI is InChI=1S/C58H86N4O8/c1-6-8-10-11-31-69-53(66)33-41-25-28-56(37-41,39-59-3)70-51-36-45-35-48(54(51)67)62-55(60-4)61-29-14-19-44-18-12-26-57(44,38-40-21-23-49(64)50(32-40)68-5)52(65)24-22-47-42(16-9-7-2)34-43(17-15-30-63)46-20-13-27-58(45,46)47/h21-24,32,35-36,41-44,46-47,53,59,63-64,66-67H,6-13,15-20,25-28,30-31,33-34,37-39H2,1-5H3,(H2,60,61,62)/b24-22+/t41-,42-,43+,44-,46+,47-,53+,56-,57+,58-/m1/s1. The maximum Gasteiger partial charge on any atom is 0.207 e. The van der Waals surface area contributed by atoms with E-state index in [1.807, 2.05) is 25.3 Å². The van der Waals surface area contributed by atoms with Gasteiger partial charge in [-0.25, -0.2) is 0 Å². The fourth-order valence-corrected chi connectivity index (χ4v) is 14.1. The second-order valence-corrected chi connectivity index (χ2v) is 21.7. The number of aromatic hydroxyl groups is 2. The molecule has 0 unspecified atom stereocenters. The summed E-state index contributed by atoms with van der Waals surface area (Å²) in [6.07, 6.45) is 23.1. The van der Waals surface area contributed by atoms with Gasteiger partial charge in [-0.15, -0.1) is 0 Å². The molecule has 2 bridgehead atoms. The molecule has 0 saturated heterocycles. The van der Waals surface area contributed by atoms with Crippen molar-refractivity contribution in [3.8, 4) is 35.0 Å². The summed E-state index contributed by atoms with van der Waals surface area (Å²) in [6, 6.07) is 12.8. The maximum atomic E-state index is 15.5. The van der Waals surface area contributed by atoms with Crippen molar-refractivity contribution in [2.24, 2.45) is 45.9 Å². The van der Waals surface area contributed by atoms with Gasteiger partial charge in [-0.1, -0.05) is 76.9 Å². The van der Waals surface area contributed by atoms with Gasteiger partial charge < -0.3 is 45.3 Å². The molecule has 4 aliphatic carbocycles. The minimum Gasteiger partial charge on any atom is -0.504 e. The summed E-state index contributed by atoms with van der Waals surface area (Å²) in [5.41, 5.74) is 0.763. The summed E-state index contributed by atoms with van der Waals surface area (Å²) < 4.78 is 18.7. The fraction of sp³-hybridized carbons (Fsp3) is 0.690. The molecule has 2 aromatic rings. The number of ketones is 1. The Hall–Kier alpha value is -4.28. The van der Waals surface area contributed by atoms with Crippen LogP contribution in [-0.4, -0.2) is 85.0 Å². The number of ether oxygens (including phenoxy) is 3. The highest BCUT2D eigenvalue weighted by molar-refractivity contribution is 5.97. The number of likely N-dealkylation sites (N-methyl/N-ethyl adjacent to an activating group) is 1. The highest BCUT2D eigenvalue weighted by Gasteiger charge is 2.57. The molecule has 386 valence electrons. The van der Waals surface area contributed by atoms with Crippen LogP contribution >= 0.6 is 0 Å². The molecule has 0 amide bonds. The molecule has 10 atom stereocenters. The molecule has 0 aromatic heterocycles. The molecule has 2 aromatic carbocycles. The minimum absolute atomic E-state index is 0.000131. The molecule has 4 fully saturated rings. The third kappa shape index (κ3) is 12.0. The summed E-state index contributed by atoms with van der Waals surface area (Å²) in [5, 5.41) is 54.3. The number of aliphatic hydroxyl groups excluding tert-OH is 2. The number of guanidine groups is 1. The van der Waals surface area contributed by atoms with Crippen molar-refractivity contribution in [1.29, 1.82) is 0 Å². The Kier molecular flexibility index (Phi) is 19.0. The van der Waals surface area contributed by atoms with E-state index < -0.39 is 22.7 Å². The Balaban J connectivity index is 1.34. The number of hydrogen-bond acceptors (Lipinski definition) is 10. The number of methoxy groups -OCH3 is 1. The molecule has 1 spiro atoms. The van der Waals surface area contributed by atoms with E-state index in [2.05, 4.69) is 65.0 Å². The Bertz CT molecular complexity index is 2170. The Morgan fingerprint density at radius 2 is 1.77 bits per heavy atom. The number of hydrogen-bond donors (Lipinski definition) is 7. The van der Waals surface area contributed by atoms with Crippen molar-refractivity contribution in [2.45, 2.75) is 172 Å². The van der Waals surface area contributed by atoms with Crippen molar-refractivity contribution in [3.63, 3.8) is 0 Å². The van der Waals surface area contributed by atoms with Crippen LogP contribution < -0.4 is 25.4 Å². The summed E-state index contributed by atoms with van der Waals surface area (Å²) in [6.45, 7) is 5.71. The number of aliphatic imine (C=N–C) groups is 1. The van der Waals surface area contributed by atoms with E-state index in [0.717, 1.165) is 127 Å². The lowest BCUT2D eigenvalue weighted by atomic mass is 9.50. The number of allylic oxidation sites excluding steroid dienone is 2. The van der Waals surface area contributed by atoms with Crippen LogP contribution in [0.1, 0.15) is 160 Å². The van der Waals surface area contributed by atoms with Crippen LogP contribution in [0.3, 0.4) is 0 Å². The summed E-state index contributed by atoms with van der Waals surface area (Å²) in [5.74, 6) is 5.91. The first-order valence-corrected chi connectivity index (χ1v) is 27.2. The third-order valence-electron chi connectivity index (χ3n) is 17.4. The maximum absolute atomic E-state index is 15.5. The zero-order valence-electron chi connectivity index (χ0n) is 43.1. The van der Waals surface area contributed by atoms with Crippen LogP contribution in [0.15, 0.2) is 47.5 Å². The van der Waals surface area contributed by atoms with Crippen LogP contribution in [0.2, 0.25) is 0 Å². The number of nitrogens with zero attached hydrogens (tertiary/aromatic N) is 1. The van der Waals surface area contributed by atoms with Gasteiger partial charge in [0.25, 0.3) is 0 Å². The average molecular weight is 967 g/mol. The molecule has 7 rings (SSSR count). The molecular weight excluding hydrogens is 881 g/mol. The quantitative estimate of drug-likeness (QED) is 0.0275. The van der Waals surface area contributed by atoms with E-state index in [9.17, 15) is 20.4 Å². The zero-order chi connectivity index (χ0) is 49.7. The number of unbranched alkanes of at least 4 members (excludes halogenated alkanes) is 4. The van der Waals surface area contributed by atoms with Gasteiger partial charge in [0.15, 0.2) is 35.1 Å². The van der Waals surface area contributed by atoms with E-state index in [4.69, 9.17) is 14.2 Å². The van der Waals surface area contributed by atoms with E-state index in [-0.39, 0.29) is 47.6 Å². The minimum atomic E-state index is -0.834. The fourth-order valence-electron chi connectivity index (χ4n) is 14.1. The molecule has 1 aliphatic heterocycles. The largest absolute Gasteiger partial charge is 0.504 e. The van der Waals surface area contributed by atoms with E-state index in [0.29, 0.717) is 73.8 Å². The van der Waals surface area contributed by atoms with E-state index in [1.165, 1.54) is 0 Å². The lowest BCUT2D eigenvalue weighted by Gasteiger charge is -2.54. The lowest BCUT2D eigenvalue weighted by Crippen LogP contribution is -2.50. The van der Waals surface area contributed by atoms with Gasteiger partial charge in [0.1, 0.15) is 5.60 Å². The third-order valence-corrected chi connectivity index (χ3v) is 17.4. The number of carbonyl (C=O) groups is 1. The predicted octanol–water partition coefficient (Wildman–Crippen LogP) is 10.3.